The van der Waals surface area contributed by atoms with Gasteiger partial charge in [0.05, 0.1) is 6.10 Å². The molecule has 0 aromatic heterocycles. The van der Waals surface area contributed by atoms with Crippen LogP contribution in [-0.4, -0.2) is 34.7 Å². The van der Waals surface area contributed by atoms with Crippen LogP contribution in [0.4, 0.5) is 17.6 Å². The summed E-state index contributed by atoms with van der Waals surface area (Å²) in [6, 6.07) is 4.58. The first-order chi connectivity index (χ1) is 9.27. The summed E-state index contributed by atoms with van der Waals surface area (Å²) in [4.78, 5) is 0. The molecule has 0 heterocycles. The van der Waals surface area contributed by atoms with Gasteiger partial charge in [-0.05, 0) is 24.1 Å². The summed E-state index contributed by atoms with van der Waals surface area (Å²) in [5.74, 6) is -0.442. The van der Waals surface area contributed by atoms with Gasteiger partial charge >= 0.3 is 12.5 Å². The Labute approximate surface area is 117 Å². The smallest absolute Gasteiger partial charge is 0.428 e. The van der Waals surface area contributed by atoms with Crippen molar-refractivity contribution in [2.24, 2.45) is 0 Å². The van der Waals surface area contributed by atoms with Crippen LogP contribution in [0.1, 0.15) is 18.1 Å². The van der Waals surface area contributed by atoms with Crippen molar-refractivity contribution in [1.82, 2.24) is 0 Å². The quantitative estimate of drug-likeness (QED) is 0.600. The third-order valence-electron chi connectivity index (χ3n) is 2.48. The Kier molecular flexibility index (Phi) is 6.04. The van der Waals surface area contributed by atoms with E-state index in [1.807, 2.05) is 0 Å². The average molecular weight is 317 g/mol. The third kappa shape index (κ3) is 4.50. The number of benzene rings is 1. The summed E-state index contributed by atoms with van der Waals surface area (Å²) >= 11 is 5.40. The normalized spacial score (nSPS) is 15.2. The van der Waals surface area contributed by atoms with Crippen molar-refractivity contribution >= 4 is 11.6 Å². The summed E-state index contributed by atoms with van der Waals surface area (Å²) in [5.41, 5.74) is 0.0604. The highest BCUT2D eigenvalue weighted by Crippen LogP contribution is 2.29. The van der Waals surface area contributed by atoms with Crippen LogP contribution in [0.15, 0.2) is 24.3 Å². The van der Waals surface area contributed by atoms with Crippen LogP contribution >= 0.6 is 11.6 Å². The molecule has 1 rings (SSSR count). The minimum atomic E-state index is -4.63. The van der Waals surface area contributed by atoms with E-state index in [0.29, 0.717) is 0 Å². The van der Waals surface area contributed by atoms with Crippen molar-refractivity contribution in [2.75, 3.05) is 5.88 Å². The van der Waals surface area contributed by atoms with E-state index in [1.54, 1.807) is 0 Å². The zero-order valence-corrected chi connectivity index (χ0v) is 10.9. The van der Waals surface area contributed by atoms with E-state index in [0.717, 1.165) is 12.1 Å². The van der Waals surface area contributed by atoms with Crippen LogP contribution in [0, 0.1) is 0 Å². The molecule has 2 atom stereocenters. The number of aliphatic hydroxyl groups excluding tert-OH is 2. The number of aliphatic hydroxyl groups is 2. The topological polar surface area (TPSA) is 49.7 Å². The van der Waals surface area contributed by atoms with E-state index >= 15 is 0 Å². The van der Waals surface area contributed by atoms with Gasteiger partial charge in [-0.15, -0.1) is 11.6 Å². The Morgan fingerprint density at radius 1 is 1.25 bits per heavy atom. The Balaban J connectivity index is 2.85. The lowest BCUT2D eigenvalue weighted by atomic mass is 10.0. The number of ether oxygens (including phenoxy) is 1. The van der Waals surface area contributed by atoms with E-state index in [2.05, 4.69) is 4.74 Å². The summed E-state index contributed by atoms with van der Waals surface area (Å²) < 4.78 is 53.4. The van der Waals surface area contributed by atoms with Gasteiger partial charge in [0.1, 0.15) is 11.9 Å². The van der Waals surface area contributed by atoms with Gasteiger partial charge in [0.15, 0.2) is 0 Å². The van der Waals surface area contributed by atoms with Gasteiger partial charge in [-0.25, -0.2) is 0 Å². The third-order valence-corrected chi connectivity index (χ3v) is 2.70. The Hall–Kier alpha value is -1.05. The average Bonchev–Trinajstić information content (AvgIpc) is 2.37. The molecule has 0 aliphatic carbocycles. The fourth-order valence-corrected chi connectivity index (χ4v) is 1.68. The highest BCUT2D eigenvalue weighted by atomic mass is 35.5. The minimum absolute atomic E-state index is 0.0604. The van der Waals surface area contributed by atoms with Crippen molar-refractivity contribution in [3.63, 3.8) is 0 Å². The van der Waals surface area contributed by atoms with Crippen LogP contribution in [0.5, 0.6) is 5.75 Å². The molecule has 114 valence electrons. The van der Waals surface area contributed by atoms with Crippen molar-refractivity contribution in [3.8, 4) is 5.75 Å². The second kappa shape index (κ2) is 7.10. The summed E-state index contributed by atoms with van der Waals surface area (Å²) in [7, 11) is 0. The highest BCUT2D eigenvalue weighted by Gasteiger charge is 2.44. The lowest BCUT2D eigenvalue weighted by Gasteiger charge is -2.20. The molecule has 3 nitrogen and oxygen atoms in total. The summed E-state index contributed by atoms with van der Waals surface area (Å²) in [6.45, 7) is 0. The molecule has 0 saturated carbocycles. The van der Waals surface area contributed by atoms with E-state index in [-0.39, 0.29) is 17.9 Å². The molecule has 1 aromatic rings. The molecular weight excluding hydrogens is 304 g/mol. The molecule has 0 aliphatic rings. The molecule has 2 N–H and O–H groups in total. The summed E-state index contributed by atoms with van der Waals surface area (Å²) in [5, 5.41) is 19.3. The molecule has 1 aromatic carbocycles. The van der Waals surface area contributed by atoms with Crippen LogP contribution < -0.4 is 4.74 Å². The van der Waals surface area contributed by atoms with E-state index in [4.69, 9.17) is 11.6 Å². The van der Waals surface area contributed by atoms with Gasteiger partial charge in [-0.1, -0.05) is 12.1 Å². The maximum absolute atomic E-state index is 12.7. The minimum Gasteiger partial charge on any atom is -0.428 e. The Morgan fingerprint density at radius 3 is 2.45 bits per heavy atom. The molecule has 0 radical (unpaired) electrons. The van der Waals surface area contributed by atoms with Gasteiger partial charge in [0, 0.05) is 5.88 Å². The molecule has 8 heteroatoms. The number of halogens is 5. The van der Waals surface area contributed by atoms with Gasteiger partial charge in [0.25, 0.3) is 0 Å². The molecule has 0 saturated heterocycles. The van der Waals surface area contributed by atoms with Crippen molar-refractivity contribution in [2.45, 2.75) is 31.2 Å². The van der Waals surface area contributed by atoms with E-state index in [1.165, 1.54) is 12.1 Å². The number of rotatable bonds is 7. The standard InChI is InChI=1S/C12H13ClF4O3/c13-5-4-9(18)10(19)7-2-1-3-8(6-7)20-12(16,17)11(14)15/h1-3,6,9-11,18-19H,4-5H2. The van der Waals surface area contributed by atoms with E-state index in [9.17, 15) is 27.8 Å². The van der Waals surface area contributed by atoms with Gasteiger partial charge < -0.3 is 14.9 Å². The largest absolute Gasteiger partial charge is 0.461 e. The predicted molar refractivity (Wildman–Crippen MR) is 64.3 cm³/mol. The Morgan fingerprint density at radius 2 is 1.90 bits per heavy atom. The molecule has 0 fully saturated rings. The highest BCUT2D eigenvalue weighted by molar-refractivity contribution is 6.17. The van der Waals surface area contributed by atoms with Crippen molar-refractivity contribution in [1.29, 1.82) is 0 Å². The first kappa shape index (κ1) is 17.0. The maximum atomic E-state index is 12.7. The fourth-order valence-electron chi connectivity index (χ4n) is 1.46. The molecule has 2 unspecified atom stereocenters. The van der Waals surface area contributed by atoms with Gasteiger partial charge in [-0.2, -0.15) is 17.6 Å². The zero-order chi connectivity index (χ0) is 15.3. The Bertz CT molecular complexity index is 431. The molecule has 0 amide bonds. The van der Waals surface area contributed by atoms with Crippen LogP contribution in [0.3, 0.4) is 0 Å². The first-order valence-corrected chi connectivity index (χ1v) is 6.18. The lowest BCUT2D eigenvalue weighted by Crippen LogP contribution is -2.33. The zero-order valence-electron chi connectivity index (χ0n) is 10.1. The van der Waals surface area contributed by atoms with E-state index < -0.39 is 30.5 Å². The lowest BCUT2D eigenvalue weighted by molar-refractivity contribution is -0.253. The molecular formula is C12H13ClF4O3. The van der Waals surface area contributed by atoms with Crippen molar-refractivity contribution < 1.29 is 32.5 Å². The SMILES string of the molecule is OC(CCCl)C(O)c1cccc(OC(F)(F)C(F)F)c1. The fraction of sp³-hybridized carbons (Fsp3) is 0.500. The predicted octanol–water partition coefficient (Wildman–Crippen LogP) is 2.95. The van der Waals surface area contributed by atoms with Gasteiger partial charge in [-0.3, -0.25) is 0 Å². The number of hydrogen-bond donors (Lipinski definition) is 2. The molecule has 0 bridgehead atoms. The van der Waals surface area contributed by atoms with Crippen LogP contribution in [0.2, 0.25) is 0 Å². The van der Waals surface area contributed by atoms with Crippen LogP contribution in [-0.2, 0) is 0 Å². The molecule has 20 heavy (non-hydrogen) atoms. The summed E-state index contributed by atoms with van der Waals surface area (Å²) in [6.07, 6.45) is -11.1. The first-order valence-electron chi connectivity index (χ1n) is 5.65. The second-order valence-corrected chi connectivity index (χ2v) is 4.40. The maximum Gasteiger partial charge on any atom is 0.461 e. The van der Waals surface area contributed by atoms with Crippen LogP contribution in [0.25, 0.3) is 0 Å². The van der Waals surface area contributed by atoms with Crippen molar-refractivity contribution in [3.05, 3.63) is 29.8 Å². The second-order valence-electron chi connectivity index (χ2n) is 4.03. The van der Waals surface area contributed by atoms with Gasteiger partial charge in [0.2, 0.25) is 0 Å². The number of alkyl halides is 5. The molecule has 0 spiro atoms. The number of hydrogen-bond acceptors (Lipinski definition) is 3. The monoisotopic (exact) mass is 316 g/mol. The molecule has 0 aliphatic heterocycles.